The first kappa shape index (κ1) is 13.2. The van der Waals surface area contributed by atoms with Crippen molar-refractivity contribution in [3.8, 4) is 11.5 Å². The Morgan fingerprint density at radius 2 is 1.95 bits per heavy atom. The topological polar surface area (TPSA) is 48.4 Å². The van der Waals surface area contributed by atoms with E-state index < -0.39 is 0 Å². The highest BCUT2D eigenvalue weighted by atomic mass is 16.5. The second kappa shape index (κ2) is 6.66. The van der Waals surface area contributed by atoms with Gasteiger partial charge in [-0.05, 0) is 30.2 Å². The molecule has 4 nitrogen and oxygen atoms in total. The monoisotopic (exact) mass is 257 g/mol. The summed E-state index contributed by atoms with van der Waals surface area (Å²) in [7, 11) is 1.69. The number of hydrogen-bond acceptors (Lipinski definition) is 4. The van der Waals surface area contributed by atoms with Crippen LogP contribution >= 0.6 is 0 Å². The molecule has 2 rings (SSSR count). The van der Waals surface area contributed by atoms with Gasteiger partial charge in [0.25, 0.3) is 0 Å². The van der Waals surface area contributed by atoms with Gasteiger partial charge in [-0.3, -0.25) is 9.78 Å². The molecule has 0 aliphatic rings. The van der Waals surface area contributed by atoms with Crippen LogP contribution in [0.2, 0.25) is 0 Å². The Morgan fingerprint density at radius 1 is 1.16 bits per heavy atom. The first-order chi connectivity index (χ1) is 9.31. The van der Waals surface area contributed by atoms with Gasteiger partial charge in [-0.25, -0.2) is 0 Å². The molecule has 0 N–H and O–H groups in total. The van der Waals surface area contributed by atoms with E-state index in [9.17, 15) is 4.79 Å². The third-order valence-corrected chi connectivity index (χ3v) is 2.62. The Morgan fingerprint density at radius 3 is 2.63 bits per heavy atom. The Kier molecular flexibility index (Phi) is 4.64. The average molecular weight is 257 g/mol. The number of benzene rings is 1. The summed E-state index contributed by atoms with van der Waals surface area (Å²) >= 11 is 0. The maximum Gasteiger partial charge on any atom is 0.151 e. The van der Waals surface area contributed by atoms with Gasteiger partial charge in [0.05, 0.1) is 12.8 Å². The number of hydrogen-bond donors (Lipinski definition) is 0. The van der Waals surface area contributed by atoms with E-state index in [0.29, 0.717) is 23.7 Å². The first-order valence-corrected chi connectivity index (χ1v) is 5.98. The van der Waals surface area contributed by atoms with Crippen molar-refractivity contribution >= 4 is 6.29 Å². The molecule has 19 heavy (non-hydrogen) atoms. The highest BCUT2D eigenvalue weighted by Gasteiger charge is 2.00. The third kappa shape index (κ3) is 3.89. The molecule has 0 radical (unpaired) electrons. The smallest absolute Gasteiger partial charge is 0.151 e. The molecule has 0 bridgehead atoms. The number of ether oxygens (including phenoxy) is 2. The van der Waals surface area contributed by atoms with E-state index in [1.807, 2.05) is 24.3 Å². The van der Waals surface area contributed by atoms with E-state index in [4.69, 9.17) is 9.47 Å². The van der Waals surface area contributed by atoms with E-state index in [1.165, 1.54) is 11.8 Å². The maximum atomic E-state index is 10.6. The molecule has 0 saturated carbocycles. The van der Waals surface area contributed by atoms with Gasteiger partial charge in [0.15, 0.2) is 6.29 Å². The molecule has 98 valence electrons. The summed E-state index contributed by atoms with van der Waals surface area (Å²) in [5.74, 6) is 1.26. The SMILES string of the molecule is COCCc1ccc(Oc2cncc(C=O)c2)cc1. The van der Waals surface area contributed by atoms with Crippen LogP contribution in [0.15, 0.2) is 42.7 Å². The Balaban J connectivity index is 2.04. The number of nitrogens with zero attached hydrogens (tertiary/aromatic N) is 1. The Bertz CT molecular complexity index is 537. The van der Waals surface area contributed by atoms with Crippen LogP contribution in [0, 0.1) is 0 Å². The molecule has 0 spiro atoms. The average Bonchev–Trinajstić information content (AvgIpc) is 2.47. The lowest BCUT2D eigenvalue weighted by atomic mass is 10.1. The molecule has 0 saturated heterocycles. The largest absolute Gasteiger partial charge is 0.456 e. The molecule has 1 aromatic carbocycles. The van der Waals surface area contributed by atoms with E-state index in [-0.39, 0.29) is 0 Å². The van der Waals surface area contributed by atoms with Crippen LogP contribution in [-0.2, 0) is 11.2 Å². The van der Waals surface area contributed by atoms with Gasteiger partial charge in [0.2, 0.25) is 0 Å². The molecule has 0 fully saturated rings. The molecular formula is C15H15NO3. The molecule has 0 aliphatic heterocycles. The van der Waals surface area contributed by atoms with E-state index in [0.717, 1.165) is 12.7 Å². The van der Waals surface area contributed by atoms with Crippen molar-refractivity contribution < 1.29 is 14.3 Å². The first-order valence-electron chi connectivity index (χ1n) is 5.98. The lowest BCUT2D eigenvalue weighted by Gasteiger charge is -2.06. The minimum atomic E-state index is 0.495. The molecule has 0 aliphatic carbocycles. The van der Waals surface area contributed by atoms with E-state index >= 15 is 0 Å². The van der Waals surface area contributed by atoms with Crippen molar-refractivity contribution in [1.29, 1.82) is 0 Å². The summed E-state index contributed by atoms with van der Waals surface area (Å²) in [4.78, 5) is 14.6. The van der Waals surface area contributed by atoms with Gasteiger partial charge in [0.1, 0.15) is 11.5 Å². The molecular weight excluding hydrogens is 242 g/mol. The number of methoxy groups -OCH3 is 1. The van der Waals surface area contributed by atoms with Crippen LogP contribution in [-0.4, -0.2) is 25.0 Å². The second-order valence-electron chi connectivity index (χ2n) is 4.06. The fourth-order valence-electron chi connectivity index (χ4n) is 1.64. The van der Waals surface area contributed by atoms with Gasteiger partial charge in [-0.1, -0.05) is 12.1 Å². The zero-order valence-corrected chi connectivity index (χ0v) is 10.7. The maximum absolute atomic E-state index is 10.6. The third-order valence-electron chi connectivity index (χ3n) is 2.62. The zero-order valence-electron chi connectivity index (χ0n) is 10.7. The summed E-state index contributed by atoms with van der Waals surface area (Å²) in [6.07, 6.45) is 4.69. The molecule has 0 unspecified atom stereocenters. The molecule has 0 amide bonds. The van der Waals surface area contributed by atoms with Crippen LogP contribution in [0.4, 0.5) is 0 Å². The lowest BCUT2D eigenvalue weighted by Crippen LogP contribution is -1.94. The minimum absolute atomic E-state index is 0.495. The summed E-state index contributed by atoms with van der Waals surface area (Å²) in [5, 5.41) is 0. The summed E-state index contributed by atoms with van der Waals surface area (Å²) in [6, 6.07) is 9.41. The molecule has 1 heterocycles. The molecule has 0 atom stereocenters. The van der Waals surface area contributed by atoms with Gasteiger partial charge >= 0.3 is 0 Å². The number of aldehydes is 1. The van der Waals surface area contributed by atoms with Crippen LogP contribution in [0.25, 0.3) is 0 Å². The molecule has 2 aromatic rings. The number of aromatic nitrogens is 1. The highest BCUT2D eigenvalue weighted by molar-refractivity contribution is 5.74. The highest BCUT2D eigenvalue weighted by Crippen LogP contribution is 2.21. The van der Waals surface area contributed by atoms with Gasteiger partial charge < -0.3 is 9.47 Å². The van der Waals surface area contributed by atoms with Crippen LogP contribution in [0.3, 0.4) is 0 Å². The Hall–Kier alpha value is -2.20. The lowest BCUT2D eigenvalue weighted by molar-refractivity contribution is 0.112. The van der Waals surface area contributed by atoms with E-state index in [2.05, 4.69) is 4.98 Å². The van der Waals surface area contributed by atoms with E-state index in [1.54, 1.807) is 19.4 Å². The number of pyridine rings is 1. The quantitative estimate of drug-likeness (QED) is 0.746. The molecule has 1 aromatic heterocycles. The fraction of sp³-hybridized carbons (Fsp3) is 0.200. The number of rotatable bonds is 6. The van der Waals surface area contributed by atoms with Gasteiger partial charge in [0, 0.05) is 18.9 Å². The molecule has 4 heteroatoms. The predicted octanol–water partition coefficient (Wildman–Crippen LogP) is 2.88. The van der Waals surface area contributed by atoms with Crippen molar-refractivity contribution in [2.24, 2.45) is 0 Å². The van der Waals surface area contributed by atoms with Crippen molar-refractivity contribution in [2.75, 3.05) is 13.7 Å². The van der Waals surface area contributed by atoms with Crippen molar-refractivity contribution in [3.05, 3.63) is 53.9 Å². The summed E-state index contributed by atoms with van der Waals surface area (Å²) < 4.78 is 10.7. The van der Waals surface area contributed by atoms with Gasteiger partial charge in [-0.15, -0.1) is 0 Å². The zero-order chi connectivity index (χ0) is 13.5. The summed E-state index contributed by atoms with van der Waals surface area (Å²) in [6.45, 7) is 0.700. The normalized spacial score (nSPS) is 10.2. The van der Waals surface area contributed by atoms with Crippen molar-refractivity contribution in [2.45, 2.75) is 6.42 Å². The Labute approximate surface area is 112 Å². The van der Waals surface area contributed by atoms with Crippen LogP contribution in [0.5, 0.6) is 11.5 Å². The minimum Gasteiger partial charge on any atom is -0.456 e. The van der Waals surface area contributed by atoms with Crippen molar-refractivity contribution in [3.63, 3.8) is 0 Å². The fourth-order valence-corrected chi connectivity index (χ4v) is 1.64. The van der Waals surface area contributed by atoms with Gasteiger partial charge in [-0.2, -0.15) is 0 Å². The number of carbonyl (C=O) groups is 1. The predicted molar refractivity (Wildman–Crippen MR) is 71.7 cm³/mol. The summed E-state index contributed by atoms with van der Waals surface area (Å²) in [5.41, 5.74) is 1.68. The standard InChI is InChI=1S/C15H15NO3/c1-18-7-6-12-2-4-14(5-3-12)19-15-8-13(11-17)9-16-10-15/h2-5,8-11H,6-7H2,1H3. The van der Waals surface area contributed by atoms with Crippen molar-refractivity contribution in [1.82, 2.24) is 4.98 Å². The van der Waals surface area contributed by atoms with Crippen LogP contribution < -0.4 is 4.74 Å². The van der Waals surface area contributed by atoms with Crippen LogP contribution in [0.1, 0.15) is 15.9 Å². The second-order valence-corrected chi connectivity index (χ2v) is 4.06. The number of carbonyl (C=O) groups excluding carboxylic acids is 1.